The molecule has 0 saturated carbocycles. The molecule has 2 nitrogen and oxygen atoms in total. The fourth-order valence-electron chi connectivity index (χ4n) is 1.14. The Hall–Kier alpha value is -0.500. The van der Waals surface area contributed by atoms with Crippen molar-refractivity contribution in [1.82, 2.24) is 4.90 Å². The molecule has 1 rings (SSSR count). The molecule has 0 amide bonds. The molecular formula is C7H13NO. The molecule has 1 fully saturated rings. The molecular weight excluding hydrogens is 114 g/mol. The molecule has 1 atom stereocenters. The topological polar surface area (TPSA) is 12.5 Å². The van der Waals surface area contributed by atoms with Gasteiger partial charge in [0.1, 0.15) is 6.10 Å². The van der Waals surface area contributed by atoms with Gasteiger partial charge in [-0.2, -0.15) is 0 Å². The van der Waals surface area contributed by atoms with E-state index in [2.05, 4.69) is 18.5 Å². The van der Waals surface area contributed by atoms with E-state index in [4.69, 9.17) is 4.74 Å². The highest BCUT2D eigenvalue weighted by Crippen LogP contribution is 2.09. The Morgan fingerprint density at radius 1 is 1.78 bits per heavy atom. The summed E-state index contributed by atoms with van der Waals surface area (Å²) in [6, 6.07) is 0. The van der Waals surface area contributed by atoms with Crippen LogP contribution in [0.1, 0.15) is 6.42 Å². The van der Waals surface area contributed by atoms with Crippen molar-refractivity contribution in [3.63, 3.8) is 0 Å². The summed E-state index contributed by atoms with van der Waals surface area (Å²) in [4.78, 5) is 2.26. The molecule has 52 valence electrons. The molecule has 0 aromatic heterocycles. The van der Waals surface area contributed by atoms with Gasteiger partial charge in [-0.25, -0.2) is 0 Å². The Morgan fingerprint density at radius 3 is 3.00 bits per heavy atom. The highest BCUT2D eigenvalue weighted by Gasteiger charge is 2.18. The predicted molar refractivity (Wildman–Crippen MR) is 37.2 cm³/mol. The van der Waals surface area contributed by atoms with Gasteiger partial charge >= 0.3 is 0 Å². The summed E-state index contributed by atoms with van der Waals surface area (Å²) >= 11 is 0. The van der Waals surface area contributed by atoms with Gasteiger partial charge in [-0.05, 0) is 13.5 Å². The monoisotopic (exact) mass is 127 g/mol. The minimum atomic E-state index is 0.396. The number of rotatable bonds is 2. The summed E-state index contributed by atoms with van der Waals surface area (Å²) in [5.74, 6) is 0. The van der Waals surface area contributed by atoms with Crippen LogP contribution in [0, 0.1) is 0 Å². The van der Waals surface area contributed by atoms with Crippen LogP contribution < -0.4 is 0 Å². The second-order valence-corrected chi connectivity index (χ2v) is 2.48. The minimum Gasteiger partial charge on any atom is -0.497 e. The van der Waals surface area contributed by atoms with Gasteiger partial charge in [0.15, 0.2) is 0 Å². The van der Waals surface area contributed by atoms with Crippen LogP contribution in [-0.2, 0) is 4.74 Å². The fraction of sp³-hybridized carbons (Fsp3) is 0.714. The van der Waals surface area contributed by atoms with Crippen molar-refractivity contribution in [3.8, 4) is 0 Å². The van der Waals surface area contributed by atoms with E-state index in [1.54, 1.807) is 0 Å². The third-order valence-electron chi connectivity index (χ3n) is 1.64. The zero-order chi connectivity index (χ0) is 6.69. The van der Waals surface area contributed by atoms with E-state index >= 15 is 0 Å². The average Bonchev–Trinajstić information content (AvgIpc) is 2.17. The normalized spacial score (nSPS) is 28.3. The number of hydrogen-bond acceptors (Lipinski definition) is 2. The lowest BCUT2D eigenvalue weighted by Crippen LogP contribution is -2.17. The van der Waals surface area contributed by atoms with Crippen LogP contribution in [-0.4, -0.2) is 31.1 Å². The minimum absolute atomic E-state index is 0.396. The molecule has 0 N–H and O–H groups in total. The van der Waals surface area contributed by atoms with Crippen molar-refractivity contribution in [2.24, 2.45) is 0 Å². The van der Waals surface area contributed by atoms with Crippen LogP contribution in [0.25, 0.3) is 0 Å². The van der Waals surface area contributed by atoms with Crippen LogP contribution >= 0.6 is 0 Å². The Kier molecular flexibility index (Phi) is 2.11. The smallest absolute Gasteiger partial charge is 0.112 e. The Morgan fingerprint density at radius 2 is 2.56 bits per heavy atom. The molecule has 0 aromatic carbocycles. The van der Waals surface area contributed by atoms with Crippen molar-refractivity contribution >= 4 is 0 Å². The van der Waals surface area contributed by atoms with Gasteiger partial charge < -0.3 is 9.64 Å². The first kappa shape index (κ1) is 6.62. The molecule has 1 aliphatic rings. The summed E-state index contributed by atoms with van der Waals surface area (Å²) < 4.78 is 5.20. The molecule has 0 bridgehead atoms. The summed E-state index contributed by atoms with van der Waals surface area (Å²) in [5.41, 5.74) is 0. The van der Waals surface area contributed by atoms with Gasteiger partial charge in [-0.15, -0.1) is 0 Å². The number of ether oxygens (including phenoxy) is 1. The first-order chi connectivity index (χ1) is 4.33. The summed E-state index contributed by atoms with van der Waals surface area (Å²) in [6.45, 7) is 5.71. The van der Waals surface area contributed by atoms with Crippen LogP contribution in [0.5, 0.6) is 0 Å². The van der Waals surface area contributed by atoms with E-state index < -0.39 is 0 Å². The summed E-state index contributed by atoms with van der Waals surface area (Å²) in [6.07, 6.45) is 3.07. The van der Waals surface area contributed by atoms with E-state index in [1.807, 2.05) is 0 Å². The maximum Gasteiger partial charge on any atom is 0.112 e. The third kappa shape index (κ3) is 1.72. The van der Waals surface area contributed by atoms with Gasteiger partial charge in [-0.1, -0.05) is 6.58 Å². The van der Waals surface area contributed by atoms with Crippen molar-refractivity contribution < 1.29 is 4.74 Å². The van der Waals surface area contributed by atoms with Crippen LogP contribution in [0.2, 0.25) is 0 Å². The quantitative estimate of drug-likeness (QED) is 0.510. The highest BCUT2D eigenvalue weighted by molar-refractivity contribution is 4.74. The molecule has 9 heavy (non-hydrogen) atoms. The van der Waals surface area contributed by atoms with Crippen molar-refractivity contribution in [2.75, 3.05) is 20.1 Å². The predicted octanol–water partition coefficient (Wildman–Crippen LogP) is 0.851. The number of nitrogens with zero attached hydrogens (tertiary/aromatic N) is 1. The summed E-state index contributed by atoms with van der Waals surface area (Å²) in [7, 11) is 2.10. The standard InChI is InChI=1S/C7H13NO/c1-3-9-7-4-5-8(2)6-7/h3,7H,1,4-6H2,2H3. The summed E-state index contributed by atoms with van der Waals surface area (Å²) in [5, 5.41) is 0. The second kappa shape index (κ2) is 2.87. The van der Waals surface area contributed by atoms with Crippen molar-refractivity contribution in [3.05, 3.63) is 12.8 Å². The Balaban J connectivity index is 2.21. The molecule has 1 saturated heterocycles. The second-order valence-electron chi connectivity index (χ2n) is 2.48. The molecule has 0 aromatic rings. The number of hydrogen-bond donors (Lipinski definition) is 0. The third-order valence-corrected chi connectivity index (χ3v) is 1.64. The van der Waals surface area contributed by atoms with Gasteiger partial charge in [-0.3, -0.25) is 0 Å². The van der Waals surface area contributed by atoms with Crippen LogP contribution in [0.15, 0.2) is 12.8 Å². The fourth-order valence-corrected chi connectivity index (χ4v) is 1.14. The van der Waals surface area contributed by atoms with Gasteiger partial charge in [0.2, 0.25) is 0 Å². The Bertz CT molecular complexity index is 103. The molecule has 1 heterocycles. The molecule has 2 heteroatoms. The van der Waals surface area contributed by atoms with Crippen LogP contribution in [0.3, 0.4) is 0 Å². The molecule has 1 unspecified atom stereocenters. The van der Waals surface area contributed by atoms with E-state index in [0.29, 0.717) is 6.10 Å². The first-order valence-electron chi connectivity index (χ1n) is 3.28. The van der Waals surface area contributed by atoms with Crippen molar-refractivity contribution in [2.45, 2.75) is 12.5 Å². The largest absolute Gasteiger partial charge is 0.497 e. The van der Waals surface area contributed by atoms with Gasteiger partial charge in [0, 0.05) is 13.1 Å². The molecule has 0 spiro atoms. The SMILES string of the molecule is C=COC1CCN(C)C1. The van der Waals surface area contributed by atoms with Crippen molar-refractivity contribution in [1.29, 1.82) is 0 Å². The first-order valence-corrected chi connectivity index (χ1v) is 3.28. The van der Waals surface area contributed by atoms with E-state index in [0.717, 1.165) is 19.5 Å². The van der Waals surface area contributed by atoms with Gasteiger partial charge in [0.25, 0.3) is 0 Å². The zero-order valence-electron chi connectivity index (χ0n) is 5.84. The van der Waals surface area contributed by atoms with Gasteiger partial charge in [0.05, 0.1) is 6.26 Å². The molecule has 0 radical (unpaired) electrons. The average molecular weight is 127 g/mol. The molecule has 1 aliphatic heterocycles. The van der Waals surface area contributed by atoms with E-state index in [9.17, 15) is 0 Å². The lowest BCUT2D eigenvalue weighted by atomic mass is 10.3. The lowest BCUT2D eigenvalue weighted by Gasteiger charge is -2.08. The zero-order valence-corrected chi connectivity index (χ0v) is 5.84. The van der Waals surface area contributed by atoms with Crippen LogP contribution in [0.4, 0.5) is 0 Å². The maximum absolute atomic E-state index is 5.20. The number of likely N-dealkylation sites (N-methyl/N-ethyl adjacent to an activating group) is 1. The highest BCUT2D eigenvalue weighted by atomic mass is 16.5. The Labute approximate surface area is 56.1 Å². The lowest BCUT2D eigenvalue weighted by molar-refractivity contribution is 0.153. The number of likely N-dealkylation sites (tertiary alicyclic amines) is 1. The van der Waals surface area contributed by atoms with E-state index in [1.165, 1.54) is 6.26 Å². The van der Waals surface area contributed by atoms with E-state index in [-0.39, 0.29) is 0 Å². The molecule has 0 aliphatic carbocycles. The maximum atomic E-state index is 5.20.